The van der Waals surface area contributed by atoms with Crippen LogP contribution in [0.4, 0.5) is 4.79 Å². The van der Waals surface area contributed by atoms with E-state index in [4.69, 9.17) is 4.74 Å². The van der Waals surface area contributed by atoms with E-state index in [0.717, 1.165) is 29.3 Å². The van der Waals surface area contributed by atoms with E-state index in [1.807, 2.05) is 30.3 Å². The Labute approximate surface area is 138 Å². The van der Waals surface area contributed by atoms with Crippen LogP contribution in [0.2, 0.25) is 0 Å². The Morgan fingerprint density at radius 1 is 1.23 bits per heavy atom. The topological polar surface area (TPSA) is 38.3 Å². The van der Waals surface area contributed by atoms with Crippen LogP contribution >= 0.6 is 15.9 Å². The highest BCUT2D eigenvalue weighted by molar-refractivity contribution is 9.10. The van der Waals surface area contributed by atoms with Gasteiger partial charge in [-0.3, -0.25) is 0 Å². The summed E-state index contributed by atoms with van der Waals surface area (Å²) in [5.41, 5.74) is 3.49. The van der Waals surface area contributed by atoms with Crippen LogP contribution in [0.5, 0.6) is 0 Å². The molecule has 0 spiro atoms. The van der Waals surface area contributed by atoms with Crippen LogP contribution in [0.15, 0.2) is 53.0 Å². The van der Waals surface area contributed by atoms with Gasteiger partial charge >= 0.3 is 6.09 Å². The van der Waals surface area contributed by atoms with E-state index >= 15 is 0 Å². The van der Waals surface area contributed by atoms with Gasteiger partial charge < -0.3 is 10.1 Å². The van der Waals surface area contributed by atoms with E-state index < -0.39 is 0 Å². The number of hydrogen-bond acceptors (Lipinski definition) is 2. The van der Waals surface area contributed by atoms with Crippen LogP contribution < -0.4 is 5.32 Å². The molecule has 3 nitrogen and oxygen atoms in total. The molecule has 4 heteroatoms. The fraction of sp³-hybridized carbons (Fsp3) is 0.278. The van der Waals surface area contributed by atoms with Crippen molar-refractivity contribution < 1.29 is 9.53 Å². The molecule has 1 N–H and O–H groups in total. The zero-order valence-electron chi connectivity index (χ0n) is 12.2. The van der Waals surface area contributed by atoms with E-state index in [-0.39, 0.29) is 12.1 Å². The zero-order chi connectivity index (χ0) is 15.4. The molecule has 3 rings (SSSR count). The number of ether oxygens (including phenoxy) is 1. The number of rotatable bonds is 3. The molecule has 1 aliphatic carbocycles. The van der Waals surface area contributed by atoms with E-state index in [2.05, 4.69) is 39.4 Å². The minimum Gasteiger partial charge on any atom is -0.445 e. The molecule has 22 heavy (non-hydrogen) atoms. The maximum atomic E-state index is 12.0. The van der Waals surface area contributed by atoms with Gasteiger partial charge in [0.1, 0.15) is 6.61 Å². The lowest BCUT2D eigenvalue weighted by Gasteiger charge is -2.26. The quantitative estimate of drug-likeness (QED) is 0.858. The number of alkyl carbamates (subject to hydrolysis) is 1. The maximum absolute atomic E-state index is 12.0. The van der Waals surface area contributed by atoms with Gasteiger partial charge in [-0.15, -0.1) is 0 Å². The highest BCUT2D eigenvalue weighted by Gasteiger charge is 2.22. The van der Waals surface area contributed by atoms with Gasteiger partial charge in [0.15, 0.2) is 0 Å². The molecule has 0 heterocycles. The third kappa shape index (κ3) is 3.69. The van der Waals surface area contributed by atoms with E-state index in [1.165, 1.54) is 11.1 Å². The number of carbonyl (C=O) groups is 1. The normalized spacial score (nSPS) is 16.7. The summed E-state index contributed by atoms with van der Waals surface area (Å²) in [6.07, 6.45) is 2.74. The predicted molar refractivity (Wildman–Crippen MR) is 89.6 cm³/mol. The second kappa shape index (κ2) is 6.97. The Bertz CT molecular complexity index is 657. The van der Waals surface area contributed by atoms with Gasteiger partial charge in [0.25, 0.3) is 0 Å². The first-order valence-electron chi connectivity index (χ1n) is 7.48. The average molecular weight is 360 g/mol. The van der Waals surface area contributed by atoms with Crippen LogP contribution in [0.3, 0.4) is 0 Å². The van der Waals surface area contributed by atoms with E-state index in [0.29, 0.717) is 6.61 Å². The number of benzene rings is 2. The van der Waals surface area contributed by atoms with Crippen LogP contribution in [-0.2, 0) is 17.8 Å². The van der Waals surface area contributed by atoms with Crippen LogP contribution in [0.1, 0.15) is 35.6 Å². The third-order valence-corrected chi connectivity index (χ3v) is 4.42. The number of carbonyl (C=O) groups excluding carboxylic acids is 1. The molecule has 2 aromatic rings. The van der Waals surface area contributed by atoms with Crippen molar-refractivity contribution in [2.75, 3.05) is 0 Å². The number of amides is 1. The maximum Gasteiger partial charge on any atom is 0.407 e. The van der Waals surface area contributed by atoms with Gasteiger partial charge in [-0.05, 0) is 48.1 Å². The molecule has 0 saturated carbocycles. The Kier molecular flexibility index (Phi) is 4.78. The lowest BCUT2D eigenvalue weighted by Crippen LogP contribution is -2.31. The van der Waals surface area contributed by atoms with Crippen molar-refractivity contribution in [3.8, 4) is 0 Å². The molecule has 0 saturated heterocycles. The summed E-state index contributed by atoms with van der Waals surface area (Å²) in [5, 5.41) is 2.99. The number of nitrogens with one attached hydrogen (secondary N) is 1. The number of halogens is 1. The Balaban J connectivity index is 1.62. The molecule has 0 radical (unpaired) electrons. The summed E-state index contributed by atoms with van der Waals surface area (Å²) in [7, 11) is 0. The summed E-state index contributed by atoms with van der Waals surface area (Å²) in [6.45, 7) is 0.296. The standard InChI is InChI=1S/C18H18BrNO2/c19-15-10-9-14-7-4-8-17(16(14)11-15)20-18(21)22-12-13-5-2-1-3-6-13/h1-3,5-6,9-11,17H,4,7-8,12H2,(H,20,21). The van der Waals surface area contributed by atoms with Crippen molar-refractivity contribution in [2.45, 2.75) is 31.9 Å². The zero-order valence-corrected chi connectivity index (χ0v) is 13.8. The Hall–Kier alpha value is -1.81. The second-order valence-electron chi connectivity index (χ2n) is 5.49. The van der Waals surface area contributed by atoms with Crippen molar-refractivity contribution in [3.05, 3.63) is 69.7 Å². The summed E-state index contributed by atoms with van der Waals surface area (Å²) in [5.74, 6) is 0. The lowest BCUT2D eigenvalue weighted by atomic mass is 9.88. The summed E-state index contributed by atoms with van der Waals surface area (Å²) in [4.78, 5) is 12.0. The van der Waals surface area contributed by atoms with Crippen molar-refractivity contribution in [1.82, 2.24) is 5.32 Å². The third-order valence-electron chi connectivity index (χ3n) is 3.93. The van der Waals surface area contributed by atoms with Crippen LogP contribution in [0, 0.1) is 0 Å². The van der Waals surface area contributed by atoms with Gasteiger partial charge in [-0.1, -0.05) is 52.3 Å². The largest absolute Gasteiger partial charge is 0.445 e. The highest BCUT2D eigenvalue weighted by Crippen LogP contribution is 2.31. The Morgan fingerprint density at radius 2 is 2.05 bits per heavy atom. The van der Waals surface area contributed by atoms with Crippen molar-refractivity contribution >= 4 is 22.0 Å². The van der Waals surface area contributed by atoms with Crippen molar-refractivity contribution in [1.29, 1.82) is 0 Å². The summed E-state index contributed by atoms with van der Waals surface area (Å²) in [6, 6.07) is 16.0. The average Bonchev–Trinajstić information content (AvgIpc) is 2.54. The summed E-state index contributed by atoms with van der Waals surface area (Å²) < 4.78 is 6.35. The fourth-order valence-electron chi connectivity index (χ4n) is 2.83. The molecule has 0 aliphatic heterocycles. The monoisotopic (exact) mass is 359 g/mol. The molecule has 2 aromatic carbocycles. The molecule has 0 aromatic heterocycles. The molecule has 1 amide bonds. The highest BCUT2D eigenvalue weighted by atomic mass is 79.9. The molecule has 1 aliphatic rings. The number of fused-ring (bicyclic) bond motifs is 1. The molecule has 1 unspecified atom stereocenters. The first-order chi connectivity index (χ1) is 10.7. The van der Waals surface area contributed by atoms with Crippen molar-refractivity contribution in [3.63, 3.8) is 0 Å². The smallest absolute Gasteiger partial charge is 0.407 e. The van der Waals surface area contributed by atoms with Crippen LogP contribution in [0.25, 0.3) is 0 Å². The minimum absolute atomic E-state index is 0.0320. The van der Waals surface area contributed by atoms with Gasteiger partial charge in [0, 0.05) is 4.47 Å². The van der Waals surface area contributed by atoms with E-state index in [9.17, 15) is 4.79 Å². The van der Waals surface area contributed by atoms with Gasteiger partial charge in [-0.25, -0.2) is 4.79 Å². The molecular weight excluding hydrogens is 342 g/mol. The van der Waals surface area contributed by atoms with Crippen molar-refractivity contribution in [2.24, 2.45) is 0 Å². The molecule has 114 valence electrons. The first-order valence-corrected chi connectivity index (χ1v) is 8.27. The fourth-order valence-corrected chi connectivity index (χ4v) is 3.21. The van der Waals surface area contributed by atoms with Crippen LogP contribution in [-0.4, -0.2) is 6.09 Å². The van der Waals surface area contributed by atoms with Gasteiger partial charge in [0.05, 0.1) is 6.04 Å². The Morgan fingerprint density at radius 3 is 2.86 bits per heavy atom. The van der Waals surface area contributed by atoms with Gasteiger partial charge in [0.2, 0.25) is 0 Å². The van der Waals surface area contributed by atoms with Gasteiger partial charge in [-0.2, -0.15) is 0 Å². The summed E-state index contributed by atoms with van der Waals surface area (Å²) >= 11 is 3.50. The second-order valence-corrected chi connectivity index (χ2v) is 6.41. The minimum atomic E-state index is -0.360. The lowest BCUT2D eigenvalue weighted by molar-refractivity contribution is 0.134. The SMILES string of the molecule is O=C(NC1CCCc2ccc(Br)cc21)OCc1ccccc1. The van der Waals surface area contributed by atoms with E-state index in [1.54, 1.807) is 0 Å². The molecule has 0 bridgehead atoms. The first kappa shape index (κ1) is 15.1. The molecule has 0 fully saturated rings. The molecular formula is C18H18BrNO2. The predicted octanol–water partition coefficient (Wildman–Crippen LogP) is 4.75. The number of hydrogen-bond donors (Lipinski definition) is 1. The molecule has 1 atom stereocenters. The number of aryl methyl sites for hydroxylation is 1.